The zero-order valence-electron chi connectivity index (χ0n) is 15.0. The number of phenolic OH excluding ortho intramolecular Hbond substituents is 1. The Hall–Kier alpha value is -3.63. The first kappa shape index (κ1) is 20.1. The molecule has 0 saturated carbocycles. The summed E-state index contributed by atoms with van der Waals surface area (Å²) in [5.41, 5.74) is 0.0772. The lowest BCUT2D eigenvalue weighted by atomic mass is 10.1. The molecule has 1 aromatic heterocycles. The number of halogens is 3. The summed E-state index contributed by atoms with van der Waals surface area (Å²) in [6, 6.07) is 8.79. The maximum Gasteiger partial charge on any atom is 0.573 e. The number of hydrogen-bond acceptors (Lipinski definition) is 6. The van der Waals surface area contributed by atoms with E-state index in [1.54, 1.807) is 24.3 Å². The number of hydrogen-bond donors (Lipinski definition) is 2. The SMILES string of the molecule is CC(NC(=O)Cn1nnc2ccccc2c1=O)c1ccc(OC(F)(F)F)cc1O. The minimum absolute atomic E-state index is 0.171. The first-order chi connectivity index (χ1) is 13.6. The number of carbonyl (C=O) groups is 1. The van der Waals surface area contributed by atoms with Gasteiger partial charge in [-0.15, -0.1) is 18.3 Å². The summed E-state index contributed by atoms with van der Waals surface area (Å²) in [4.78, 5) is 24.6. The van der Waals surface area contributed by atoms with Gasteiger partial charge in [-0.2, -0.15) is 0 Å². The quantitative estimate of drug-likeness (QED) is 0.671. The van der Waals surface area contributed by atoms with E-state index in [1.807, 2.05) is 0 Å². The Morgan fingerprint density at radius 2 is 2.00 bits per heavy atom. The molecular formula is C18H15F3N4O4. The van der Waals surface area contributed by atoms with Crippen molar-refractivity contribution in [2.45, 2.75) is 25.9 Å². The van der Waals surface area contributed by atoms with Crippen LogP contribution in [0.2, 0.25) is 0 Å². The minimum atomic E-state index is -4.89. The largest absolute Gasteiger partial charge is 0.573 e. The molecule has 0 aliphatic rings. The molecule has 0 saturated heterocycles. The molecule has 1 unspecified atom stereocenters. The van der Waals surface area contributed by atoms with Crippen molar-refractivity contribution in [2.75, 3.05) is 0 Å². The summed E-state index contributed by atoms with van der Waals surface area (Å²) in [6.07, 6.45) is -4.89. The van der Waals surface area contributed by atoms with E-state index in [9.17, 15) is 27.9 Å². The maximum absolute atomic E-state index is 12.4. The molecule has 11 heteroatoms. The topological polar surface area (TPSA) is 106 Å². The van der Waals surface area contributed by atoms with E-state index in [-0.39, 0.29) is 5.56 Å². The number of amides is 1. The second-order valence-electron chi connectivity index (χ2n) is 6.13. The molecule has 0 bridgehead atoms. The molecular weight excluding hydrogens is 393 g/mol. The number of rotatable bonds is 5. The number of phenols is 1. The smallest absolute Gasteiger partial charge is 0.507 e. The van der Waals surface area contributed by atoms with Gasteiger partial charge < -0.3 is 15.2 Å². The fraction of sp³-hybridized carbons (Fsp3) is 0.222. The van der Waals surface area contributed by atoms with Crippen LogP contribution in [0, 0.1) is 0 Å². The van der Waals surface area contributed by atoms with Crippen molar-refractivity contribution in [1.82, 2.24) is 20.3 Å². The van der Waals surface area contributed by atoms with E-state index in [2.05, 4.69) is 20.4 Å². The predicted octanol–water partition coefficient (Wildman–Crippen LogP) is 2.27. The molecule has 152 valence electrons. The third kappa shape index (κ3) is 4.81. The van der Waals surface area contributed by atoms with Gasteiger partial charge in [0.1, 0.15) is 23.6 Å². The Labute approximate surface area is 161 Å². The number of nitrogens with one attached hydrogen (secondary N) is 1. The highest BCUT2D eigenvalue weighted by Gasteiger charge is 2.31. The van der Waals surface area contributed by atoms with E-state index in [4.69, 9.17) is 0 Å². The van der Waals surface area contributed by atoms with Crippen LogP contribution in [0.15, 0.2) is 47.3 Å². The molecule has 3 rings (SSSR count). The van der Waals surface area contributed by atoms with Crippen molar-refractivity contribution >= 4 is 16.8 Å². The molecule has 0 spiro atoms. The Kier molecular flexibility index (Phi) is 5.39. The Balaban J connectivity index is 1.71. The summed E-state index contributed by atoms with van der Waals surface area (Å²) in [7, 11) is 0. The second-order valence-corrected chi connectivity index (χ2v) is 6.13. The van der Waals surface area contributed by atoms with Gasteiger partial charge in [-0.05, 0) is 31.2 Å². The molecule has 0 aliphatic carbocycles. The standard InChI is InChI=1S/C18H15F3N4O4/c1-10(12-7-6-11(8-15(12)26)29-18(19,20)21)22-16(27)9-25-17(28)13-4-2-3-5-14(13)23-24-25/h2-8,10,26H,9H2,1H3,(H,22,27). The van der Waals surface area contributed by atoms with Gasteiger partial charge in [0.25, 0.3) is 5.56 Å². The molecule has 8 nitrogen and oxygen atoms in total. The van der Waals surface area contributed by atoms with Gasteiger partial charge >= 0.3 is 6.36 Å². The number of alkyl halides is 3. The Morgan fingerprint density at radius 1 is 1.28 bits per heavy atom. The van der Waals surface area contributed by atoms with Gasteiger partial charge in [0.05, 0.1) is 11.4 Å². The zero-order valence-corrected chi connectivity index (χ0v) is 15.0. The first-order valence-electron chi connectivity index (χ1n) is 8.34. The molecule has 2 aromatic carbocycles. The number of ether oxygens (including phenoxy) is 1. The van der Waals surface area contributed by atoms with E-state index >= 15 is 0 Å². The third-order valence-electron chi connectivity index (χ3n) is 4.00. The van der Waals surface area contributed by atoms with Gasteiger partial charge in [-0.25, -0.2) is 4.68 Å². The summed E-state index contributed by atoms with van der Waals surface area (Å²) in [5.74, 6) is -1.67. The monoisotopic (exact) mass is 408 g/mol. The van der Waals surface area contributed by atoms with Crippen molar-refractivity contribution in [3.8, 4) is 11.5 Å². The average Bonchev–Trinajstić information content (AvgIpc) is 2.63. The molecule has 3 aromatic rings. The van der Waals surface area contributed by atoms with Gasteiger partial charge in [0, 0.05) is 11.6 Å². The predicted molar refractivity (Wildman–Crippen MR) is 95.1 cm³/mol. The molecule has 1 atom stereocenters. The summed E-state index contributed by atoms with van der Waals surface area (Å²) in [6.45, 7) is 1.10. The van der Waals surface area contributed by atoms with Crippen LogP contribution in [0.3, 0.4) is 0 Å². The Bertz CT molecular complexity index is 1110. The Morgan fingerprint density at radius 3 is 2.69 bits per heavy atom. The van der Waals surface area contributed by atoms with Crippen molar-refractivity contribution in [1.29, 1.82) is 0 Å². The summed E-state index contributed by atoms with van der Waals surface area (Å²) >= 11 is 0. The van der Waals surface area contributed by atoms with Crippen LogP contribution >= 0.6 is 0 Å². The van der Waals surface area contributed by atoms with Crippen molar-refractivity contribution in [2.24, 2.45) is 0 Å². The minimum Gasteiger partial charge on any atom is -0.507 e. The summed E-state index contributed by atoms with van der Waals surface area (Å²) < 4.78 is 41.3. The van der Waals surface area contributed by atoms with Crippen LogP contribution in [-0.2, 0) is 11.3 Å². The van der Waals surface area contributed by atoms with Crippen molar-refractivity contribution in [3.05, 3.63) is 58.4 Å². The molecule has 0 aliphatic heterocycles. The van der Waals surface area contributed by atoms with Crippen molar-refractivity contribution < 1.29 is 27.8 Å². The first-order valence-corrected chi connectivity index (χ1v) is 8.34. The number of benzene rings is 2. The highest BCUT2D eigenvalue weighted by atomic mass is 19.4. The maximum atomic E-state index is 12.4. The highest BCUT2D eigenvalue weighted by molar-refractivity contribution is 5.78. The molecule has 0 fully saturated rings. The number of nitrogens with zero attached hydrogens (tertiary/aromatic N) is 3. The van der Waals surface area contributed by atoms with Crippen LogP contribution in [0.1, 0.15) is 18.5 Å². The third-order valence-corrected chi connectivity index (χ3v) is 4.00. The van der Waals surface area contributed by atoms with Crippen LogP contribution in [0.4, 0.5) is 13.2 Å². The van der Waals surface area contributed by atoms with E-state index < -0.39 is 41.9 Å². The van der Waals surface area contributed by atoms with Crippen molar-refractivity contribution in [3.63, 3.8) is 0 Å². The van der Waals surface area contributed by atoms with Gasteiger partial charge in [0.15, 0.2) is 0 Å². The molecule has 1 amide bonds. The van der Waals surface area contributed by atoms with Gasteiger partial charge in [0.2, 0.25) is 5.91 Å². The number of aromatic hydroxyl groups is 1. The van der Waals surface area contributed by atoms with Gasteiger partial charge in [-0.3, -0.25) is 9.59 Å². The van der Waals surface area contributed by atoms with Crippen LogP contribution in [-0.4, -0.2) is 32.4 Å². The zero-order chi connectivity index (χ0) is 21.2. The fourth-order valence-electron chi connectivity index (χ4n) is 2.71. The van der Waals surface area contributed by atoms with Crippen LogP contribution in [0.25, 0.3) is 10.9 Å². The van der Waals surface area contributed by atoms with Crippen LogP contribution in [0.5, 0.6) is 11.5 Å². The normalized spacial score (nSPS) is 12.6. The lowest BCUT2D eigenvalue weighted by Gasteiger charge is -2.17. The number of fused-ring (bicyclic) bond motifs is 1. The highest BCUT2D eigenvalue weighted by Crippen LogP contribution is 2.31. The van der Waals surface area contributed by atoms with E-state index in [0.717, 1.165) is 16.8 Å². The number of aromatic nitrogens is 3. The van der Waals surface area contributed by atoms with E-state index in [1.165, 1.54) is 13.0 Å². The molecule has 2 N–H and O–H groups in total. The molecule has 0 radical (unpaired) electrons. The second kappa shape index (κ2) is 7.78. The average molecular weight is 408 g/mol. The molecule has 1 heterocycles. The van der Waals surface area contributed by atoms with Gasteiger partial charge in [-0.1, -0.05) is 17.3 Å². The van der Waals surface area contributed by atoms with Crippen LogP contribution < -0.4 is 15.6 Å². The fourth-order valence-corrected chi connectivity index (χ4v) is 2.71. The summed E-state index contributed by atoms with van der Waals surface area (Å²) in [5, 5.41) is 20.4. The lowest BCUT2D eigenvalue weighted by molar-refractivity contribution is -0.274. The van der Waals surface area contributed by atoms with E-state index in [0.29, 0.717) is 10.9 Å². The number of carbonyl (C=O) groups excluding carboxylic acids is 1. The molecule has 29 heavy (non-hydrogen) atoms. The lowest BCUT2D eigenvalue weighted by Crippen LogP contribution is -2.35.